The van der Waals surface area contributed by atoms with Gasteiger partial charge in [0.05, 0.1) is 12.8 Å². The van der Waals surface area contributed by atoms with Gasteiger partial charge in [-0.25, -0.2) is 4.39 Å². The van der Waals surface area contributed by atoms with Crippen LogP contribution in [0.15, 0.2) is 6.20 Å². The number of halogens is 1. The Morgan fingerprint density at radius 1 is 1.56 bits per heavy atom. The van der Waals surface area contributed by atoms with Crippen molar-refractivity contribution in [2.45, 2.75) is 51.2 Å². The van der Waals surface area contributed by atoms with E-state index in [4.69, 9.17) is 10.5 Å². The monoisotopic (exact) mass is 252 g/mol. The maximum Gasteiger partial charge on any atom is 0.128 e. The van der Waals surface area contributed by atoms with Crippen LogP contribution in [0, 0.1) is 13.8 Å². The highest BCUT2D eigenvalue weighted by molar-refractivity contribution is 5.41. The highest BCUT2D eigenvalue weighted by atomic mass is 19.1. The molecule has 2 atom stereocenters. The topological polar surface area (TPSA) is 48.1 Å². The number of hydrogen-bond donors (Lipinski definition) is 1. The summed E-state index contributed by atoms with van der Waals surface area (Å²) in [5.74, 6) is 0.811. The maximum atomic E-state index is 14.6. The van der Waals surface area contributed by atoms with Gasteiger partial charge in [-0.2, -0.15) is 0 Å². The van der Waals surface area contributed by atoms with Gasteiger partial charge in [-0.05, 0) is 33.1 Å². The molecule has 0 radical (unpaired) electrons. The minimum atomic E-state index is -1.20. The summed E-state index contributed by atoms with van der Waals surface area (Å²) in [4.78, 5) is 4.36. The molecule has 1 heterocycles. The highest BCUT2D eigenvalue weighted by Gasteiger charge is 2.38. The van der Waals surface area contributed by atoms with E-state index in [1.807, 2.05) is 13.8 Å². The van der Waals surface area contributed by atoms with Gasteiger partial charge in [-0.15, -0.1) is 0 Å². The summed E-state index contributed by atoms with van der Waals surface area (Å²) < 4.78 is 20.0. The van der Waals surface area contributed by atoms with Crippen LogP contribution in [0.5, 0.6) is 5.75 Å². The maximum absolute atomic E-state index is 14.6. The lowest BCUT2D eigenvalue weighted by Crippen LogP contribution is -2.26. The Labute approximate surface area is 108 Å². The van der Waals surface area contributed by atoms with Crippen molar-refractivity contribution in [3.63, 3.8) is 0 Å². The summed E-state index contributed by atoms with van der Waals surface area (Å²) in [5, 5.41) is 0. The Bertz CT molecular complexity index is 450. The third-order valence-electron chi connectivity index (χ3n) is 3.83. The average molecular weight is 252 g/mol. The zero-order valence-corrected chi connectivity index (χ0v) is 11.3. The molecule has 2 unspecified atom stereocenters. The molecule has 1 aliphatic rings. The first-order chi connectivity index (χ1) is 8.45. The van der Waals surface area contributed by atoms with Gasteiger partial charge < -0.3 is 10.5 Å². The zero-order chi connectivity index (χ0) is 13.3. The SMILES string of the molecule is COc1c(C)cnc(CC2(F)CCC(N)C2)c1C. The third kappa shape index (κ3) is 2.48. The zero-order valence-electron chi connectivity index (χ0n) is 11.3. The Morgan fingerprint density at radius 2 is 2.28 bits per heavy atom. The molecule has 0 saturated heterocycles. The molecule has 18 heavy (non-hydrogen) atoms. The van der Waals surface area contributed by atoms with Crippen LogP contribution in [0.2, 0.25) is 0 Å². The van der Waals surface area contributed by atoms with Gasteiger partial charge in [-0.3, -0.25) is 4.98 Å². The molecule has 0 amide bonds. The Morgan fingerprint density at radius 3 is 2.83 bits per heavy atom. The second kappa shape index (κ2) is 4.84. The van der Waals surface area contributed by atoms with E-state index < -0.39 is 5.67 Å². The van der Waals surface area contributed by atoms with Gasteiger partial charge in [0, 0.05) is 29.8 Å². The molecule has 0 aliphatic heterocycles. The van der Waals surface area contributed by atoms with Crippen LogP contribution in [0.1, 0.15) is 36.1 Å². The fourth-order valence-electron chi connectivity index (χ4n) is 2.83. The summed E-state index contributed by atoms with van der Waals surface area (Å²) >= 11 is 0. The number of nitrogens with two attached hydrogens (primary N) is 1. The van der Waals surface area contributed by atoms with Gasteiger partial charge >= 0.3 is 0 Å². The molecule has 1 fully saturated rings. The lowest BCUT2D eigenvalue weighted by Gasteiger charge is -2.21. The molecule has 4 heteroatoms. The molecule has 1 aromatic heterocycles. The molecular formula is C14H21FN2O. The molecule has 1 aliphatic carbocycles. The van der Waals surface area contributed by atoms with E-state index >= 15 is 0 Å². The fraction of sp³-hybridized carbons (Fsp3) is 0.643. The van der Waals surface area contributed by atoms with Crippen LogP contribution < -0.4 is 10.5 Å². The third-order valence-corrected chi connectivity index (χ3v) is 3.83. The lowest BCUT2D eigenvalue weighted by molar-refractivity contribution is 0.168. The van der Waals surface area contributed by atoms with Crippen molar-refractivity contribution in [1.29, 1.82) is 0 Å². The first-order valence-corrected chi connectivity index (χ1v) is 6.39. The first kappa shape index (κ1) is 13.3. The van der Waals surface area contributed by atoms with E-state index in [-0.39, 0.29) is 6.04 Å². The quantitative estimate of drug-likeness (QED) is 0.899. The molecule has 0 spiro atoms. The number of pyridine rings is 1. The number of rotatable bonds is 3. The summed E-state index contributed by atoms with van der Waals surface area (Å²) in [6, 6.07) is -0.0114. The van der Waals surface area contributed by atoms with E-state index in [2.05, 4.69) is 4.98 Å². The molecule has 2 rings (SSSR count). The number of nitrogens with zero attached hydrogens (tertiary/aromatic N) is 1. The van der Waals surface area contributed by atoms with E-state index in [1.165, 1.54) is 0 Å². The van der Waals surface area contributed by atoms with Crippen molar-refractivity contribution in [2.75, 3.05) is 7.11 Å². The van der Waals surface area contributed by atoms with E-state index in [1.54, 1.807) is 13.3 Å². The minimum Gasteiger partial charge on any atom is -0.496 e. The molecule has 0 aromatic carbocycles. The smallest absolute Gasteiger partial charge is 0.128 e. The molecule has 1 aromatic rings. The van der Waals surface area contributed by atoms with E-state index in [0.29, 0.717) is 19.3 Å². The van der Waals surface area contributed by atoms with Crippen LogP contribution >= 0.6 is 0 Å². The number of ether oxygens (including phenoxy) is 1. The molecule has 0 bridgehead atoms. The normalized spacial score (nSPS) is 27.5. The predicted molar refractivity (Wildman–Crippen MR) is 69.6 cm³/mol. The highest BCUT2D eigenvalue weighted by Crippen LogP contribution is 2.37. The van der Waals surface area contributed by atoms with Crippen molar-refractivity contribution in [3.8, 4) is 5.75 Å². The predicted octanol–water partition coefficient (Wildman–Crippen LogP) is 2.47. The summed E-state index contributed by atoms with van der Waals surface area (Å²) in [6.07, 6.45) is 3.82. The molecule has 1 saturated carbocycles. The standard InChI is InChI=1S/C14H21FN2O/c1-9-8-17-12(10(2)13(9)18-3)7-14(15)5-4-11(16)6-14/h8,11H,4-7,16H2,1-3H3. The van der Waals surface area contributed by atoms with Crippen molar-refractivity contribution in [1.82, 2.24) is 4.98 Å². The van der Waals surface area contributed by atoms with Crippen LogP contribution in [0.3, 0.4) is 0 Å². The van der Waals surface area contributed by atoms with Crippen LogP contribution in [-0.2, 0) is 6.42 Å². The van der Waals surface area contributed by atoms with Crippen molar-refractivity contribution in [2.24, 2.45) is 5.73 Å². The number of alkyl halides is 1. The second-order valence-electron chi connectivity index (χ2n) is 5.38. The summed E-state index contributed by atoms with van der Waals surface area (Å²) in [7, 11) is 1.63. The number of methoxy groups -OCH3 is 1. The second-order valence-corrected chi connectivity index (χ2v) is 5.38. The Hall–Kier alpha value is -1.16. The van der Waals surface area contributed by atoms with E-state index in [9.17, 15) is 4.39 Å². The van der Waals surface area contributed by atoms with Crippen molar-refractivity contribution >= 4 is 0 Å². The summed E-state index contributed by atoms with van der Waals surface area (Å²) in [5.41, 5.74) is 7.31. The minimum absolute atomic E-state index is 0.0114. The first-order valence-electron chi connectivity index (χ1n) is 6.39. The Balaban J connectivity index is 2.25. The average Bonchev–Trinajstić information content (AvgIpc) is 2.64. The molecule has 100 valence electrons. The van der Waals surface area contributed by atoms with Crippen LogP contribution in [0.4, 0.5) is 4.39 Å². The van der Waals surface area contributed by atoms with Crippen LogP contribution in [0.25, 0.3) is 0 Å². The Kier molecular flexibility index (Phi) is 3.57. The fourth-order valence-corrected chi connectivity index (χ4v) is 2.83. The largest absolute Gasteiger partial charge is 0.496 e. The van der Waals surface area contributed by atoms with Gasteiger partial charge in [0.2, 0.25) is 0 Å². The molecule has 2 N–H and O–H groups in total. The number of hydrogen-bond acceptors (Lipinski definition) is 3. The lowest BCUT2D eigenvalue weighted by atomic mass is 9.94. The van der Waals surface area contributed by atoms with E-state index in [0.717, 1.165) is 29.0 Å². The van der Waals surface area contributed by atoms with Crippen molar-refractivity contribution in [3.05, 3.63) is 23.0 Å². The van der Waals surface area contributed by atoms with Gasteiger partial charge in [0.25, 0.3) is 0 Å². The van der Waals surface area contributed by atoms with Gasteiger partial charge in [0.1, 0.15) is 11.4 Å². The summed E-state index contributed by atoms with van der Waals surface area (Å²) in [6.45, 7) is 3.88. The van der Waals surface area contributed by atoms with Crippen molar-refractivity contribution < 1.29 is 9.13 Å². The molecular weight excluding hydrogens is 231 g/mol. The van der Waals surface area contributed by atoms with Crippen LogP contribution in [-0.4, -0.2) is 23.8 Å². The number of aromatic nitrogens is 1. The van der Waals surface area contributed by atoms with Gasteiger partial charge in [0.15, 0.2) is 0 Å². The van der Waals surface area contributed by atoms with Gasteiger partial charge in [-0.1, -0.05) is 0 Å². The number of aryl methyl sites for hydroxylation is 1. The molecule has 3 nitrogen and oxygen atoms in total.